The highest BCUT2D eigenvalue weighted by Gasteiger charge is 2.06. The Labute approximate surface area is 94.1 Å². The average molecular weight is 210 g/mol. The minimum atomic E-state index is 0.240. The molecule has 0 atom stereocenters. The predicted octanol–water partition coefficient (Wildman–Crippen LogP) is 2.16. The second kappa shape index (κ2) is 4.94. The van der Waals surface area contributed by atoms with Gasteiger partial charge in [-0.05, 0) is 18.2 Å². The molecule has 1 aromatic carbocycles. The predicted molar refractivity (Wildman–Crippen MR) is 61.8 cm³/mol. The molecule has 0 spiro atoms. The zero-order valence-electron chi connectivity index (χ0n) is 8.63. The quantitative estimate of drug-likeness (QED) is 0.728. The van der Waals surface area contributed by atoms with Crippen LogP contribution >= 0.6 is 0 Å². The largest absolute Gasteiger partial charge is 0.480 e. The van der Waals surface area contributed by atoms with Crippen LogP contribution in [0.4, 0.5) is 0 Å². The normalized spacial score (nSPS) is 9.44. The van der Waals surface area contributed by atoms with Gasteiger partial charge < -0.3 is 4.74 Å². The van der Waals surface area contributed by atoms with Gasteiger partial charge in [0.1, 0.15) is 12.4 Å². The van der Waals surface area contributed by atoms with E-state index in [1.807, 2.05) is 24.3 Å². The fourth-order valence-corrected chi connectivity index (χ4v) is 1.33. The zero-order chi connectivity index (χ0) is 11.2. The first-order chi connectivity index (χ1) is 7.92. The van der Waals surface area contributed by atoms with Crippen LogP contribution in [0.3, 0.4) is 0 Å². The first-order valence-corrected chi connectivity index (χ1v) is 4.84. The molecule has 2 rings (SSSR count). The summed E-state index contributed by atoms with van der Waals surface area (Å²) in [5.41, 5.74) is 0.846. The first-order valence-electron chi connectivity index (χ1n) is 4.84. The number of para-hydroxylation sites is 1. The molecule has 78 valence electrons. The standard InChI is InChI=1S/C13H10N2O/c1-2-10-16-12-7-4-3-6-11(12)13-14-8-5-9-15-13/h1,3-9H,10H2. The van der Waals surface area contributed by atoms with Crippen molar-refractivity contribution in [1.82, 2.24) is 9.97 Å². The highest BCUT2D eigenvalue weighted by molar-refractivity contribution is 5.63. The number of aromatic nitrogens is 2. The molecular weight excluding hydrogens is 200 g/mol. The SMILES string of the molecule is C#CCOc1ccccc1-c1ncccn1. The van der Waals surface area contributed by atoms with Crippen LogP contribution in [0.2, 0.25) is 0 Å². The smallest absolute Gasteiger partial charge is 0.162 e. The van der Waals surface area contributed by atoms with E-state index in [0.29, 0.717) is 11.6 Å². The number of hydrogen-bond acceptors (Lipinski definition) is 3. The highest BCUT2D eigenvalue weighted by Crippen LogP contribution is 2.26. The number of ether oxygens (including phenoxy) is 1. The van der Waals surface area contributed by atoms with Crippen LogP contribution in [0, 0.1) is 12.3 Å². The summed E-state index contributed by atoms with van der Waals surface area (Å²) >= 11 is 0. The van der Waals surface area contributed by atoms with Crippen molar-refractivity contribution < 1.29 is 4.74 Å². The molecule has 2 aromatic rings. The van der Waals surface area contributed by atoms with Crippen molar-refractivity contribution in [2.45, 2.75) is 0 Å². The van der Waals surface area contributed by atoms with E-state index < -0.39 is 0 Å². The molecule has 3 heteroatoms. The third-order valence-corrected chi connectivity index (χ3v) is 2.00. The van der Waals surface area contributed by atoms with Gasteiger partial charge in [0.15, 0.2) is 5.82 Å². The van der Waals surface area contributed by atoms with Crippen LogP contribution in [0.5, 0.6) is 5.75 Å². The molecule has 1 aromatic heterocycles. The van der Waals surface area contributed by atoms with Crippen molar-refractivity contribution >= 4 is 0 Å². The Hall–Kier alpha value is -2.34. The van der Waals surface area contributed by atoms with E-state index in [9.17, 15) is 0 Å². The Balaban J connectivity index is 2.38. The van der Waals surface area contributed by atoms with E-state index in [2.05, 4.69) is 15.9 Å². The molecule has 16 heavy (non-hydrogen) atoms. The number of terminal acetylenes is 1. The molecule has 0 saturated carbocycles. The summed E-state index contributed by atoms with van der Waals surface area (Å²) in [4.78, 5) is 8.35. The molecule has 0 N–H and O–H groups in total. The fourth-order valence-electron chi connectivity index (χ4n) is 1.33. The van der Waals surface area contributed by atoms with Crippen LogP contribution in [0.15, 0.2) is 42.7 Å². The summed E-state index contributed by atoms with van der Waals surface area (Å²) in [6, 6.07) is 9.32. The minimum absolute atomic E-state index is 0.240. The molecule has 0 radical (unpaired) electrons. The Kier molecular flexibility index (Phi) is 3.15. The lowest BCUT2D eigenvalue weighted by Gasteiger charge is -2.07. The summed E-state index contributed by atoms with van der Waals surface area (Å²) < 4.78 is 5.42. The minimum Gasteiger partial charge on any atom is -0.480 e. The van der Waals surface area contributed by atoms with Gasteiger partial charge in [-0.3, -0.25) is 0 Å². The van der Waals surface area contributed by atoms with E-state index in [1.54, 1.807) is 18.5 Å². The zero-order valence-corrected chi connectivity index (χ0v) is 8.63. The van der Waals surface area contributed by atoms with Gasteiger partial charge in [-0.2, -0.15) is 0 Å². The number of nitrogens with zero attached hydrogens (tertiary/aromatic N) is 2. The molecule has 0 aliphatic rings. The van der Waals surface area contributed by atoms with Gasteiger partial charge in [-0.25, -0.2) is 9.97 Å². The molecule has 0 saturated heterocycles. The monoisotopic (exact) mass is 210 g/mol. The summed E-state index contributed by atoms with van der Waals surface area (Å²) in [5, 5.41) is 0. The molecule has 0 fully saturated rings. The topological polar surface area (TPSA) is 35.0 Å². The molecule has 0 aliphatic heterocycles. The van der Waals surface area contributed by atoms with Gasteiger partial charge in [0.2, 0.25) is 0 Å². The molecule has 0 bridgehead atoms. The molecule has 0 aliphatic carbocycles. The first kappa shape index (κ1) is 10.2. The number of benzene rings is 1. The Morgan fingerprint density at radius 3 is 2.62 bits per heavy atom. The van der Waals surface area contributed by atoms with Crippen LogP contribution in [-0.4, -0.2) is 16.6 Å². The lowest BCUT2D eigenvalue weighted by Crippen LogP contribution is -1.97. The van der Waals surface area contributed by atoms with E-state index >= 15 is 0 Å². The van der Waals surface area contributed by atoms with Crippen LogP contribution < -0.4 is 4.74 Å². The molecule has 0 amide bonds. The summed E-state index contributed by atoms with van der Waals surface area (Å²) in [5.74, 6) is 3.77. The second-order valence-corrected chi connectivity index (χ2v) is 3.06. The lowest BCUT2D eigenvalue weighted by molar-refractivity contribution is 0.371. The fraction of sp³-hybridized carbons (Fsp3) is 0.0769. The maximum atomic E-state index is 5.42. The van der Waals surface area contributed by atoms with Crippen molar-refractivity contribution in [3.63, 3.8) is 0 Å². The van der Waals surface area contributed by atoms with Gasteiger partial charge in [-0.15, -0.1) is 6.42 Å². The van der Waals surface area contributed by atoms with Crippen molar-refractivity contribution in [2.24, 2.45) is 0 Å². The summed E-state index contributed by atoms with van der Waals surface area (Å²) in [7, 11) is 0. The van der Waals surface area contributed by atoms with E-state index in [0.717, 1.165) is 5.56 Å². The maximum Gasteiger partial charge on any atom is 0.162 e. The van der Waals surface area contributed by atoms with Crippen molar-refractivity contribution in [3.8, 4) is 29.5 Å². The third-order valence-electron chi connectivity index (χ3n) is 2.00. The van der Waals surface area contributed by atoms with Gasteiger partial charge in [-0.1, -0.05) is 18.1 Å². The Bertz CT molecular complexity index is 503. The third kappa shape index (κ3) is 2.18. The second-order valence-electron chi connectivity index (χ2n) is 3.06. The molecule has 1 heterocycles. The lowest BCUT2D eigenvalue weighted by atomic mass is 10.2. The van der Waals surface area contributed by atoms with Crippen LogP contribution in [0.25, 0.3) is 11.4 Å². The Morgan fingerprint density at radius 2 is 1.88 bits per heavy atom. The van der Waals surface area contributed by atoms with E-state index in [-0.39, 0.29) is 6.61 Å². The van der Waals surface area contributed by atoms with Gasteiger partial charge in [0.25, 0.3) is 0 Å². The summed E-state index contributed by atoms with van der Waals surface area (Å²) in [6.45, 7) is 0.240. The van der Waals surface area contributed by atoms with E-state index in [4.69, 9.17) is 11.2 Å². The maximum absolute atomic E-state index is 5.42. The number of rotatable bonds is 3. The highest BCUT2D eigenvalue weighted by atomic mass is 16.5. The van der Waals surface area contributed by atoms with Gasteiger partial charge in [0, 0.05) is 12.4 Å². The van der Waals surface area contributed by atoms with E-state index in [1.165, 1.54) is 0 Å². The van der Waals surface area contributed by atoms with Gasteiger partial charge >= 0.3 is 0 Å². The molecular formula is C13H10N2O. The average Bonchev–Trinajstić information content (AvgIpc) is 2.38. The summed E-state index contributed by atoms with van der Waals surface area (Å²) in [6.07, 6.45) is 8.55. The van der Waals surface area contributed by atoms with Crippen molar-refractivity contribution in [3.05, 3.63) is 42.7 Å². The Morgan fingerprint density at radius 1 is 1.12 bits per heavy atom. The van der Waals surface area contributed by atoms with Crippen molar-refractivity contribution in [1.29, 1.82) is 0 Å². The van der Waals surface area contributed by atoms with Crippen molar-refractivity contribution in [2.75, 3.05) is 6.61 Å². The van der Waals surface area contributed by atoms with Crippen LogP contribution in [-0.2, 0) is 0 Å². The van der Waals surface area contributed by atoms with Crippen LogP contribution in [0.1, 0.15) is 0 Å². The molecule has 0 unspecified atom stereocenters. The number of hydrogen-bond donors (Lipinski definition) is 0. The molecule has 3 nitrogen and oxygen atoms in total. The van der Waals surface area contributed by atoms with Gasteiger partial charge in [0.05, 0.1) is 5.56 Å².